The smallest absolute Gasteiger partial charge is 0.157 e. The highest BCUT2D eigenvalue weighted by Crippen LogP contribution is 2.38. The van der Waals surface area contributed by atoms with Crippen LogP contribution < -0.4 is 11.1 Å². The summed E-state index contributed by atoms with van der Waals surface area (Å²) in [6.07, 6.45) is 4.94. The molecule has 2 rings (SSSR count). The lowest BCUT2D eigenvalue weighted by Gasteiger charge is -2.18. The van der Waals surface area contributed by atoms with Crippen molar-refractivity contribution in [3.8, 4) is 0 Å². The number of anilines is 2. The zero-order valence-electron chi connectivity index (χ0n) is 9.63. The molecule has 0 radical (unpaired) electrons. The summed E-state index contributed by atoms with van der Waals surface area (Å²) in [5.74, 6) is 0.655. The van der Waals surface area contributed by atoms with Crippen LogP contribution in [-0.2, 0) is 0 Å². The Labute approximate surface area is 101 Å². The standard InChI is InChI=1S/C11H17ClN4/c1-11(2)4-3-7(5-11)16-10-8(13)9(12)14-6-15-10/h6-7H,3-5,13H2,1-2H3,(H,14,15,16). The van der Waals surface area contributed by atoms with Crippen LogP contribution in [0.4, 0.5) is 11.5 Å². The molecule has 4 nitrogen and oxygen atoms in total. The monoisotopic (exact) mass is 240 g/mol. The van der Waals surface area contributed by atoms with E-state index in [0.29, 0.717) is 28.1 Å². The molecule has 1 aliphatic rings. The van der Waals surface area contributed by atoms with Crippen molar-refractivity contribution in [2.75, 3.05) is 11.1 Å². The van der Waals surface area contributed by atoms with Crippen LogP contribution in [-0.4, -0.2) is 16.0 Å². The predicted molar refractivity (Wildman–Crippen MR) is 66.5 cm³/mol. The number of halogens is 1. The Morgan fingerprint density at radius 3 is 2.88 bits per heavy atom. The third-order valence-corrected chi connectivity index (χ3v) is 3.45. The van der Waals surface area contributed by atoms with Gasteiger partial charge in [0.2, 0.25) is 0 Å². The Kier molecular flexibility index (Phi) is 2.93. The number of hydrogen-bond acceptors (Lipinski definition) is 4. The third-order valence-electron chi connectivity index (χ3n) is 3.14. The van der Waals surface area contributed by atoms with Gasteiger partial charge in [-0.1, -0.05) is 25.4 Å². The number of rotatable bonds is 2. The average molecular weight is 241 g/mol. The second-order valence-corrected chi connectivity index (χ2v) is 5.53. The largest absolute Gasteiger partial charge is 0.393 e. The highest BCUT2D eigenvalue weighted by Gasteiger charge is 2.31. The molecule has 0 aliphatic heterocycles. The van der Waals surface area contributed by atoms with Crippen molar-refractivity contribution in [2.45, 2.75) is 39.2 Å². The first kappa shape index (κ1) is 11.5. The van der Waals surface area contributed by atoms with E-state index in [1.165, 1.54) is 12.7 Å². The number of nitrogens with zero attached hydrogens (tertiary/aromatic N) is 2. The molecule has 0 aromatic carbocycles. The van der Waals surface area contributed by atoms with E-state index in [4.69, 9.17) is 17.3 Å². The van der Waals surface area contributed by atoms with Crippen LogP contribution in [0.25, 0.3) is 0 Å². The van der Waals surface area contributed by atoms with Crippen LogP contribution in [0.5, 0.6) is 0 Å². The minimum Gasteiger partial charge on any atom is -0.393 e. The second-order valence-electron chi connectivity index (χ2n) is 5.18. The van der Waals surface area contributed by atoms with Crippen molar-refractivity contribution >= 4 is 23.1 Å². The SMILES string of the molecule is CC1(C)CCC(Nc2ncnc(Cl)c2N)C1. The topological polar surface area (TPSA) is 63.8 Å². The van der Waals surface area contributed by atoms with E-state index in [0.717, 1.165) is 12.8 Å². The summed E-state index contributed by atoms with van der Waals surface area (Å²) in [5.41, 5.74) is 6.65. The van der Waals surface area contributed by atoms with Gasteiger partial charge in [-0.2, -0.15) is 0 Å². The molecule has 1 saturated carbocycles. The summed E-state index contributed by atoms with van der Waals surface area (Å²) in [5, 5.41) is 3.66. The lowest BCUT2D eigenvalue weighted by atomic mass is 9.92. The molecule has 0 amide bonds. The highest BCUT2D eigenvalue weighted by atomic mass is 35.5. The van der Waals surface area contributed by atoms with Crippen LogP contribution in [0.1, 0.15) is 33.1 Å². The van der Waals surface area contributed by atoms with Crippen LogP contribution in [0, 0.1) is 5.41 Å². The van der Waals surface area contributed by atoms with Gasteiger partial charge in [-0.25, -0.2) is 9.97 Å². The maximum Gasteiger partial charge on any atom is 0.157 e. The molecule has 0 bridgehead atoms. The molecule has 1 aromatic heterocycles. The van der Waals surface area contributed by atoms with E-state index in [2.05, 4.69) is 29.1 Å². The van der Waals surface area contributed by atoms with Crippen LogP contribution >= 0.6 is 11.6 Å². The van der Waals surface area contributed by atoms with Crippen LogP contribution in [0.15, 0.2) is 6.33 Å². The normalized spacial score (nSPS) is 23.3. The van der Waals surface area contributed by atoms with Gasteiger partial charge in [-0.05, 0) is 24.7 Å². The Morgan fingerprint density at radius 2 is 2.25 bits per heavy atom. The van der Waals surface area contributed by atoms with Crippen molar-refractivity contribution in [2.24, 2.45) is 5.41 Å². The first-order chi connectivity index (χ1) is 7.48. The molecular weight excluding hydrogens is 224 g/mol. The zero-order chi connectivity index (χ0) is 11.8. The Balaban J connectivity index is 2.08. The molecule has 1 unspecified atom stereocenters. The molecule has 5 heteroatoms. The second kappa shape index (κ2) is 4.09. The first-order valence-corrected chi connectivity index (χ1v) is 5.88. The number of aromatic nitrogens is 2. The lowest BCUT2D eigenvalue weighted by Crippen LogP contribution is -2.19. The summed E-state index contributed by atoms with van der Waals surface area (Å²) >= 11 is 5.84. The van der Waals surface area contributed by atoms with E-state index in [9.17, 15) is 0 Å². The van der Waals surface area contributed by atoms with Gasteiger partial charge in [0.25, 0.3) is 0 Å². The van der Waals surface area contributed by atoms with E-state index in [1.807, 2.05) is 0 Å². The summed E-state index contributed by atoms with van der Waals surface area (Å²) in [4.78, 5) is 7.95. The minimum atomic E-state index is 0.315. The summed E-state index contributed by atoms with van der Waals surface area (Å²) in [7, 11) is 0. The quantitative estimate of drug-likeness (QED) is 0.781. The third kappa shape index (κ3) is 2.38. The molecule has 1 aliphatic carbocycles. The fraction of sp³-hybridized carbons (Fsp3) is 0.636. The molecule has 1 heterocycles. The van der Waals surface area contributed by atoms with E-state index in [1.54, 1.807) is 0 Å². The zero-order valence-corrected chi connectivity index (χ0v) is 10.4. The summed E-state index contributed by atoms with van der Waals surface area (Å²) < 4.78 is 0. The van der Waals surface area contributed by atoms with Gasteiger partial charge < -0.3 is 11.1 Å². The van der Waals surface area contributed by atoms with Gasteiger partial charge in [-0.3, -0.25) is 0 Å². The minimum absolute atomic E-state index is 0.315. The van der Waals surface area contributed by atoms with Crippen molar-refractivity contribution in [3.05, 3.63) is 11.5 Å². The van der Waals surface area contributed by atoms with Crippen molar-refractivity contribution in [3.63, 3.8) is 0 Å². The molecule has 1 atom stereocenters. The van der Waals surface area contributed by atoms with Gasteiger partial charge in [0.1, 0.15) is 12.0 Å². The van der Waals surface area contributed by atoms with Crippen LogP contribution in [0.2, 0.25) is 5.15 Å². The maximum absolute atomic E-state index is 5.84. The maximum atomic E-state index is 5.84. The number of nitrogens with one attached hydrogen (secondary N) is 1. The van der Waals surface area contributed by atoms with Gasteiger partial charge in [0, 0.05) is 6.04 Å². The Bertz CT molecular complexity index is 392. The highest BCUT2D eigenvalue weighted by molar-refractivity contribution is 6.32. The van der Waals surface area contributed by atoms with Gasteiger partial charge >= 0.3 is 0 Å². The number of hydrogen-bond donors (Lipinski definition) is 2. The summed E-state index contributed by atoms with van der Waals surface area (Å²) in [6.45, 7) is 4.57. The van der Waals surface area contributed by atoms with Crippen molar-refractivity contribution in [1.82, 2.24) is 9.97 Å². The predicted octanol–water partition coefficient (Wildman–Crippen LogP) is 2.70. The summed E-state index contributed by atoms with van der Waals surface area (Å²) in [6, 6.07) is 0.434. The Hall–Kier alpha value is -1.03. The molecule has 1 fully saturated rings. The molecule has 3 N–H and O–H groups in total. The number of nitrogens with two attached hydrogens (primary N) is 1. The van der Waals surface area contributed by atoms with E-state index in [-0.39, 0.29) is 0 Å². The number of nitrogen functional groups attached to an aromatic ring is 1. The molecule has 1 aromatic rings. The lowest BCUT2D eigenvalue weighted by molar-refractivity contribution is 0.378. The fourth-order valence-electron chi connectivity index (χ4n) is 2.24. The Morgan fingerprint density at radius 1 is 1.50 bits per heavy atom. The molecule has 0 saturated heterocycles. The van der Waals surface area contributed by atoms with Gasteiger partial charge in [0.05, 0.1) is 0 Å². The van der Waals surface area contributed by atoms with E-state index >= 15 is 0 Å². The van der Waals surface area contributed by atoms with E-state index < -0.39 is 0 Å². The van der Waals surface area contributed by atoms with Gasteiger partial charge in [-0.15, -0.1) is 0 Å². The fourth-order valence-corrected chi connectivity index (χ4v) is 2.37. The van der Waals surface area contributed by atoms with Gasteiger partial charge in [0.15, 0.2) is 11.0 Å². The molecular formula is C11H17ClN4. The van der Waals surface area contributed by atoms with Crippen molar-refractivity contribution < 1.29 is 0 Å². The van der Waals surface area contributed by atoms with Crippen LogP contribution in [0.3, 0.4) is 0 Å². The molecule has 16 heavy (non-hydrogen) atoms. The first-order valence-electron chi connectivity index (χ1n) is 5.50. The van der Waals surface area contributed by atoms with Crippen molar-refractivity contribution in [1.29, 1.82) is 0 Å². The molecule has 0 spiro atoms. The molecule has 88 valence electrons. The average Bonchev–Trinajstić information content (AvgIpc) is 2.53.